The number of nitrogens with zero attached hydrogens (tertiary/aromatic N) is 2. The van der Waals surface area contributed by atoms with Gasteiger partial charge in [-0.1, -0.05) is 42.6 Å². The van der Waals surface area contributed by atoms with Crippen LogP contribution in [0, 0.1) is 11.8 Å². The Labute approximate surface area is 219 Å². The maximum Gasteiger partial charge on any atom is 0.122 e. The van der Waals surface area contributed by atoms with Gasteiger partial charge in [-0.15, -0.1) is 0 Å². The van der Waals surface area contributed by atoms with E-state index in [0.717, 1.165) is 64.5 Å². The summed E-state index contributed by atoms with van der Waals surface area (Å²) in [7, 11) is 0. The summed E-state index contributed by atoms with van der Waals surface area (Å²) in [5, 5.41) is 11.2. The molecule has 1 aromatic heterocycles. The number of halogens is 1. The molecule has 2 aliphatic rings. The van der Waals surface area contributed by atoms with Crippen LogP contribution in [0.5, 0.6) is 5.75 Å². The van der Waals surface area contributed by atoms with Gasteiger partial charge in [0.1, 0.15) is 18.1 Å². The normalized spacial score (nSPS) is 23.2. The Morgan fingerprint density at radius 3 is 2.42 bits per heavy atom. The molecule has 0 saturated carbocycles. The van der Waals surface area contributed by atoms with E-state index in [1.807, 2.05) is 61.7 Å². The Morgan fingerprint density at radius 1 is 1.03 bits per heavy atom. The molecule has 2 aromatic carbocycles. The van der Waals surface area contributed by atoms with E-state index in [1.54, 1.807) is 0 Å². The highest BCUT2D eigenvalue weighted by Crippen LogP contribution is 2.40. The van der Waals surface area contributed by atoms with Gasteiger partial charge in [0, 0.05) is 41.0 Å². The van der Waals surface area contributed by atoms with Crippen molar-refractivity contribution < 1.29 is 9.84 Å². The summed E-state index contributed by atoms with van der Waals surface area (Å²) in [4.78, 5) is 7.06. The Kier molecular flexibility index (Phi) is 7.34. The third-order valence-corrected chi connectivity index (χ3v) is 7.70. The van der Waals surface area contributed by atoms with Crippen LogP contribution in [0.2, 0.25) is 5.02 Å². The minimum absolute atomic E-state index is 0.486. The van der Waals surface area contributed by atoms with E-state index in [1.165, 1.54) is 12.8 Å². The first-order valence-electron chi connectivity index (χ1n) is 12.9. The molecule has 5 rings (SSSR count). The van der Waals surface area contributed by atoms with Gasteiger partial charge < -0.3 is 9.84 Å². The predicted molar refractivity (Wildman–Crippen MR) is 145 cm³/mol. The Balaban J connectivity index is 1.20. The van der Waals surface area contributed by atoms with E-state index in [0.29, 0.717) is 18.7 Å². The number of aryl methyl sites for hydroxylation is 1. The van der Waals surface area contributed by atoms with Crippen molar-refractivity contribution in [2.24, 2.45) is 0 Å². The van der Waals surface area contributed by atoms with Crippen molar-refractivity contribution in [1.82, 2.24) is 9.88 Å². The number of rotatable bonds is 6. The smallest absolute Gasteiger partial charge is 0.122 e. The number of aliphatic hydroxyl groups is 1. The van der Waals surface area contributed by atoms with Gasteiger partial charge in [0.25, 0.3) is 0 Å². The fourth-order valence-corrected chi connectivity index (χ4v) is 5.80. The second kappa shape index (κ2) is 10.6. The molecule has 3 atom stereocenters. The number of pyridine rings is 1. The monoisotopic (exact) mass is 500 g/mol. The molecule has 186 valence electrons. The molecule has 36 heavy (non-hydrogen) atoms. The van der Waals surface area contributed by atoms with Crippen LogP contribution in [-0.2, 0) is 6.42 Å². The van der Waals surface area contributed by atoms with Crippen LogP contribution in [0.3, 0.4) is 0 Å². The molecule has 4 nitrogen and oxygen atoms in total. The van der Waals surface area contributed by atoms with Crippen LogP contribution in [0.15, 0.2) is 60.8 Å². The highest BCUT2D eigenvalue weighted by molar-refractivity contribution is 6.30. The number of hydrogen-bond acceptors (Lipinski definition) is 4. The van der Waals surface area contributed by atoms with Crippen LogP contribution in [0.25, 0.3) is 11.1 Å². The number of benzene rings is 2. The fraction of sp³-hybridized carbons (Fsp3) is 0.387. The third-order valence-electron chi connectivity index (χ3n) is 7.45. The summed E-state index contributed by atoms with van der Waals surface area (Å²) in [6.07, 6.45) is 6.85. The topological polar surface area (TPSA) is 45.6 Å². The van der Waals surface area contributed by atoms with Gasteiger partial charge in [-0.05, 0) is 92.5 Å². The van der Waals surface area contributed by atoms with Gasteiger partial charge in [0.05, 0.1) is 5.60 Å². The zero-order chi connectivity index (χ0) is 25.1. The number of piperidine rings is 1. The van der Waals surface area contributed by atoms with Crippen molar-refractivity contribution in [1.29, 1.82) is 0 Å². The van der Waals surface area contributed by atoms with Gasteiger partial charge in [0.15, 0.2) is 0 Å². The molecular formula is C31H33ClN2O2. The molecule has 3 aromatic rings. The molecule has 0 amide bonds. The second-order valence-corrected chi connectivity index (χ2v) is 10.7. The highest BCUT2D eigenvalue weighted by atomic mass is 35.5. The maximum absolute atomic E-state index is 10.5. The maximum atomic E-state index is 10.5. The molecule has 2 saturated heterocycles. The van der Waals surface area contributed by atoms with Gasteiger partial charge in [-0.3, -0.25) is 4.90 Å². The standard InChI is InChI=1S/C31H33ClN2O2/c1-3-23-18-22(4-11-27-12-8-25(21-33-27)24-6-9-26(32)10-7-24)5-15-30(23)36-17-16-34-28-13-14-29(34)20-31(2,35)19-28/h5-10,12,15,18,21,28-29,35H,3,13-14,16-17,19-20H2,1-2H3/t28-,29+,31?. The fourth-order valence-electron chi connectivity index (χ4n) is 5.67. The van der Waals surface area contributed by atoms with Crippen LogP contribution < -0.4 is 4.74 Å². The zero-order valence-corrected chi connectivity index (χ0v) is 21.8. The number of hydrogen-bond donors (Lipinski definition) is 1. The average Bonchev–Trinajstić information content (AvgIpc) is 3.13. The molecule has 1 unspecified atom stereocenters. The summed E-state index contributed by atoms with van der Waals surface area (Å²) in [5.41, 5.74) is 4.46. The summed E-state index contributed by atoms with van der Waals surface area (Å²) in [6.45, 7) is 5.70. The Bertz CT molecular complexity index is 1240. The van der Waals surface area contributed by atoms with Crippen molar-refractivity contribution >= 4 is 11.6 Å². The lowest BCUT2D eigenvalue weighted by molar-refractivity contribution is -0.0410. The van der Waals surface area contributed by atoms with Gasteiger partial charge >= 0.3 is 0 Å². The minimum Gasteiger partial charge on any atom is -0.492 e. The van der Waals surface area contributed by atoms with Crippen molar-refractivity contribution in [3.63, 3.8) is 0 Å². The average molecular weight is 501 g/mol. The molecule has 0 radical (unpaired) electrons. The number of fused-ring (bicyclic) bond motifs is 2. The van der Waals surface area contributed by atoms with Crippen LogP contribution in [-0.4, -0.2) is 45.8 Å². The quantitative estimate of drug-likeness (QED) is 0.414. The van der Waals surface area contributed by atoms with E-state index in [4.69, 9.17) is 16.3 Å². The third kappa shape index (κ3) is 5.76. The SMILES string of the molecule is CCc1cc(C#Cc2ccc(-c3ccc(Cl)cc3)cn2)ccc1OCCN1[C@@H]2CC[C@H]1CC(C)(O)C2. The van der Waals surface area contributed by atoms with E-state index in [9.17, 15) is 5.11 Å². The van der Waals surface area contributed by atoms with Crippen LogP contribution in [0.4, 0.5) is 0 Å². The van der Waals surface area contributed by atoms with Crippen molar-refractivity contribution in [3.8, 4) is 28.7 Å². The van der Waals surface area contributed by atoms with Crippen molar-refractivity contribution in [3.05, 3.63) is 82.6 Å². The molecule has 2 fully saturated rings. The second-order valence-electron chi connectivity index (χ2n) is 10.2. The highest BCUT2D eigenvalue weighted by Gasteiger charge is 2.44. The lowest BCUT2D eigenvalue weighted by Crippen LogP contribution is -2.50. The number of aromatic nitrogens is 1. The first kappa shape index (κ1) is 24.8. The van der Waals surface area contributed by atoms with Crippen LogP contribution >= 0.6 is 11.6 Å². The number of ether oxygens (including phenoxy) is 1. The molecule has 2 bridgehead atoms. The van der Waals surface area contributed by atoms with Crippen LogP contribution in [0.1, 0.15) is 56.4 Å². The van der Waals surface area contributed by atoms with Gasteiger partial charge in [-0.25, -0.2) is 4.98 Å². The van der Waals surface area contributed by atoms with Gasteiger partial charge in [-0.2, -0.15) is 0 Å². The molecule has 0 aliphatic carbocycles. The summed E-state index contributed by atoms with van der Waals surface area (Å²) in [5.74, 6) is 7.36. The van der Waals surface area contributed by atoms with Crippen molar-refractivity contribution in [2.45, 2.75) is 63.6 Å². The summed E-state index contributed by atoms with van der Waals surface area (Å²) < 4.78 is 6.21. The van der Waals surface area contributed by atoms with E-state index in [-0.39, 0.29) is 0 Å². The van der Waals surface area contributed by atoms with E-state index >= 15 is 0 Å². The summed E-state index contributed by atoms with van der Waals surface area (Å²) in [6, 6.07) is 18.9. The molecule has 0 spiro atoms. The molecule has 3 heterocycles. The van der Waals surface area contributed by atoms with E-state index < -0.39 is 5.60 Å². The lowest BCUT2D eigenvalue weighted by Gasteiger charge is -2.42. The predicted octanol–water partition coefficient (Wildman–Crippen LogP) is 6.12. The molecule has 5 heteroatoms. The zero-order valence-electron chi connectivity index (χ0n) is 21.0. The van der Waals surface area contributed by atoms with Crippen molar-refractivity contribution in [2.75, 3.05) is 13.2 Å². The minimum atomic E-state index is -0.510. The molecule has 2 aliphatic heterocycles. The first-order valence-corrected chi connectivity index (χ1v) is 13.3. The summed E-state index contributed by atoms with van der Waals surface area (Å²) >= 11 is 5.98. The first-order chi connectivity index (χ1) is 17.4. The Morgan fingerprint density at radius 2 is 1.75 bits per heavy atom. The largest absolute Gasteiger partial charge is 0.492 e. The van der Waals surface area contributed by atoms with Gasteiger partial charge in [0.2, 0.25) is 0 Å². The molecule has 1 N–H and O–H groups in total. The Hall–Kier alpha value is -2.84. The molecular weight excluding hydrogens is 468 g/mol. The van der Waals surface area contributed by atoms with E-state index in [2.05, 4.69) is 34.7 Å². The lowest BCUT2D eigenvalue weighted by atomic mass is 9.88.